The smallest absolute Gasteiger partial charge is 0.326 e. The highest BCUT2D eigenvalue weighted by molar-refractivity contribution is 7.07. The highest BCUT2D eigenvalue weighted by atomic mass is 32.1. The van der Waals surface area contributed by atoms with E-state index in [-0.39, 0.29) is 12.3 Å². The van der Waals surface area contributed by atoms with Crippen LogP contribution in [0.2, 0.25) is 0 Å². The number of aryl methyl sites for hydroxylation is 1. The standard InChI is InChI=1S/C16H17NO3S/c18-15(10-13-8-9-21-11-13)17-14(16(19)20)7-6-12-4-2-1-3-5-12/h1-5,8-9,11,14H,6-7,10H2,(H,17,18)(H,19,20)/t14-/m0/s1. The fourth-order valence-electron chi connectivity index (χ4n) is 2.04. The third-order valence-corrected chi connectivity index (χ3v) is 3.87. The second kappa shape index (κ2) is 7.59. The number of carbonyl (C=O) groups is 2. The third-order valence-electron chi connectivity index (χ3n) is 3.14. The summed E-state index contributed by atoms with van der Waals surface area (Å²) in [6.07, 6.45) is 1.23. The maximum absolute atomic E-state index is 11.9. The van der Waals surface area contributed by atoms with Crippen LogP contribution < -0.4 is 5.32 Å². The number of nitrogens with one attached hydrogen (secondary N) is 1. The number of hydrogen-bond acceptors (Lipinski definition) is 3. The lowest BCUT2D eigenvalue weighted by Crippen LogP contribution is -2.41. The second-order valence-electron chi connectivity index (χ2n) is 4.79. The van der Waals surface area contributed by atoms with Crippen LogP contribution in [0.25, 0.3) is 0 Å². The van der Waals surface area contributed by atoms with Crippen molar-refractivity contribution in [2.45, 2.75) is 25.3 Å². The number of amides is 1. The molecule has 1 heterocycles. The van der Waals surface area contributed by atoms with E-state index in [4.69, 9.17) is 0 Å². The number of carbonyl (C=O) groups excluding carboxylic acids is 1. The number of thiophene rings is 1. The van der Waals surface area contributed by atoms with E-state index in [0.717, 1.165) is 11.1 Å². The summed E-state index contributed by atoms with van der Waals surface area (Å²) in [6, 6.07) is 10.7. The first-order chi connectivity index (χ1) is 10.1. The summed E-state index contributed by atoms with van der Waals surface area (Å²) >= 11 is 1.52. The molecule has 2 aromatic rings. The number of rotatable bonds is 7. The molecular formula is C16H17NO3S. The molecule has 4 nitrogen and oxygen atoms in total. The Hall–Kier alpha value is -2.14. The van der Waals surface area contributed by atoms with Crippen molar-refractivity contribution in [1.82, 2.24) is 5.32 Å². The van der Waals surface area contributed by atoms with Crippen molar-refractivity contribution in [2.24, 2.45) is 0 Å². The maximum Gasteiger partial charge on any atom is 0.326 e. The highest BCUT2D eigenvalue weighted by Gasteiger charge is 2.19. The normalized spacial score (nSPS) is 11.8. The molecule has 5 heteroatoms. The minimum absolute atomic E-state index is 0.221. The van der Waals surface area contributed by atoms with Gasteiger partial charge in [0.15, 0.2) is 0 Å². The number of carboxylic acids is 1. The average molecular weight is 303 g/mol. The van der Waals surface area contributed by atoms with Crippen LogP contribution in [0.5, 0.6) is 0 Å². The third kappa shape index (κ3) is 5.04. The van der Waals surface area contributed by atoms with Crippen LogP contribution in [0.1, 0.15) is 17.5 Å². The minimum atomic E-state index is -0.996. The predicted octanol–water partition coefficient (Wildman–Crippen LogP) is 2.49. The average Bonchev–Trinajstić information content (AvgIpc) is 2.97. The molecule has 1 aromatic heterocycles. The molecule has 0 saturated heterocycles. The van der Waals surface area contributed by atoms with Crippen molar-refractivity contribution < 1.29 is 14.7 Å². The van der Waals surface area contributed by atoms with Crippen molar-refractivity contribution in [3.63, 3.8) is 0 Å². The van der Waals surface area contributed by atoms with Crippen LogP contribution in [-0.2, 0) is 22.4 Å². The molecule has 2 rings (SSSR count). The predicted molar refractivity (Wildman–Crippen MR) is 82.4 cm³/mol. The Kier molecular flexibility index (Phi) is 5.51. The Labute approximate surface area is 127 Å². The molecule has 0 aliphatic rings. The van der Waals surface area contributed by atoms with Crippen molar-refractivity contribution in [3.05, 3.63) is 58.3 Å². The lowest BCUT2D eigenvalue weighted by Gasteiger charge is -2.14. The molecular weight excluding hydrogens is 286 g/mol. The Morgan fingerprint density at radius 1 is 1.14 bits per heavy atom. The van der Waals surface area contributed by atoms with Gasteiger partial charge >= 0.3 is 5.97 Å². The van der Waals surface area contributed by atoms with Gasteiger partial charge in [0, 0.05) is 0 Å². The zero-order valence-electron chi connectivity index (χ0n) is 11.5. The van der Waals surface area contributed by atoms with Crippen molar-refractivity contribution in [2.75, 3.05) is 0 Å². The molecule has 0 aliphatic carbocycles. The summed E-state index contributed by atoms with van der Waals surface area (Å²) in [7, 11) is 0. The van der Waals surface area contributed by atoms with Gasteiger partial charge < -0.3 is 10.4 Å². The van der Waals surface area contributed by atoms with Crippen molar-refractivity contribution >= 4 is 23.2 Å². The van der Waals surface area contributed by atoms with Crippen molar-refractivity contribution in [1.29, 1.82) is 0 Å². The molecule has 0 unspecified atom stereocenters. The number of hydrogen-bond donors (Lipinski definition) is 2. The molecule has 2 N–H and O–H groups in total. The van der Waals surface area contributed by atoms with Gasteiger partial charge in [-0.2, -0.15) is 11.3 Å². The molecule has 1 atom stereocenters. The molecule has 110 valence electrons. The summed E-state index contributed by atoms with van der Waals surface area (Å²) in [4.78, 5) is 23.1. The van der Waals surface area contributed by atoms with Gasteiger partial charge in [0.2, 0.25) is 5.91 Å². The van der Waals surface area contributed by atoms with E-state index >= 15 is 0 Å². The lowest BCUT2D eigenvalue weighted by molar-refractivity contribution is -0.141. The molecule has 0 spiro atoms. The summed E-state index contributed by atoms with van der Waals surface area (Å²) in [5, 5.41) is 15.6. The van der Waals surface area contributed by atoms with Gasteiger partial charge in [-0.1, -0.05) is 30.3 Å². The van der Waals surface area contributed by atoms with E-state index < -0.39 is 12.0 Å². The summed E-state index contributed by atoms with van der Waals surface area (Å²) in [5.74, 6) is -1.25. The number of benzene rings is 1. The van der Waals surface area contributed by atoms with E-state index in [1.54, 1.807) is 0 Å². The van der Waals surface area contributed by atoms with Crippen LogP contribution in [0, 0.1) is 0 Å². The first kappa shape index (κ1) is 15.3. The van der Waals surface area contributed by atoms with Crippen LogP contribution in [0.15, 0.2) is 47.2 Å². The maximum atomic E-state index is 11.9. The first-order valence-electron chi connectivity index (χ1n) is 6.72. The highest BCUT2D eigenvalue weighted by Crippen LogP contribution is 2.08. The largest absolute Gasteiger partial charge is 0.480 e. The second-order valence-corrected chi connectivity index (χ2v) is 5.57. The monoisotopic (exact) mass is 303 g/mol. The van der Waals surface area contributed by atoms with E-state index in [1.165, 1.54) is 11.3 Å². The Bertz CT molecular complexity index is 581. The molecule has 0 saturated carbocycles. The summed E-state index contributed by atoms with van der Waals surface area (Å²) < 4.78 is 0. The van der Waals surface area contributed by atoms with Gasteiger partial charge in [0.25, 0.3) is 0 Å². The van der Waals surface area contributed by atoms with Gasteiger partial charge in [-0.15, -0.1) is 0 Å². The minimum Gasteiger partial charge on any atom is -0.480 e. The molecule has 0 aliphatic heterocycles. The van der Waals surface area contributed by atoms with E-state index in [0.29, 0.717) is 12.8 Å². The summed E-state index contributed by atoms with van der Waals surface area (Å²) in [5.41, 5.74) is 1.97. The van der Waals surface area contributed by atoms with E-state index in [9.17, 15) is 14.7 Å². The first-order valence-corrected chi connectivity index (χ1v) is 7.66. The molecule has 1 amide bonds. The van der Waals surface area contributed by atoms with Crippen LogP contribution >= 0.6 is 11.3 Å². The molecule has 0 radical (unpaired) electrons. The van der Waals surface area contributed by atoms with E-state index in [1.807, 2.05) is 47.2 Å². The van der Waals surface area contributed by atoms with Gasteiger partial charge in [-0.05, 0) is 40.8 Å². The Balaban J connectivity index is 1.87. The molecule has 1 aromatic carbocycles. The van der Waals surface area contributed by atoms with Gasteiger partial charge in [0.05, 0.1) is 6.42 Å². The van der Waals surface area contributed by atoms with Crippen LogP contribution in [0.3, 0.4) is 0 Å². The van der Waals surface area contributed by atoms with Gasteiger partial charge in [0.1, 0.15) is 6.04 Å². The van der Waals surface area contributed by atoms with Gasteiger partial charge in [-0.25, -0.2) is 4.79 Å². The van der Waals surface area contributed by atoms with Gasteiger partial charge in [-0.3, -0.25) is 4.79 Å². The zero-order chi connectivity index (χ0) is 15.1. The molecule has 0 bridgehead atoms. The Morgan fingerprint density at radius 2 is 1.90 bits per heavy atom. The molecule has 0 fully saturated rings. The summed E-state index contributed by atoms with van der Waals surface area (Å²) in [6.45, 7) is 0. The fourth-order valence-corrected chi connectivity index (χ4v) is 2.71. The number of aliphatic carboxylic acids is 1. The molecule has 21 heavy (non-hydrogen) atoms. The Morgan fingerprint density at radius 3 is 2.52 bits per heavy atom. The van der Waals surface area contributed by atoms with E-state index in [2.05, 4.69) is 5.32 Å². The zero-order valence-corrected chi connectivity index (χ0v) is 12.3. The quantitative estimate of drug-likeness (QED) is 0.826. The topological polar surface area (TPSA) is 66.4 Å². The lowest BCUT2D eigenvalue weighted by atomic mass is 10.0. The van der Waals surface area contributed by atoms with Crippen LogP contribution in [0.4, 0.5) is 0 Å². The fraction of sp³-hybridized carbons (Fsp3) is 0.250. The van der Waals surface area contributed by atoms with Crippen LogP contribution in [-0.4, -0.2) is 23.0 Å². The number of carboxylic acid groups (broad SMARTS) is 1. The SMILES string of the molecule is O=C(Cc1ccsc1)N[C@@H](CCc1ccccc1)C(=O)O. The van der Waals surface area contributed by atoms with Crippen molar-refractivity contribution in [3.8, 4) is 0 Å².